The van der Waals surface area contributed by atoms with E-state index in [1.54, 1.807) is 75.0 Å². The molecule has 0 fully saturated rings. The molecule has 0 atom stereocenters. The molecule has 27 heavy (non-hydrogen) atoms. The van der Waals surface area contributed by atoms with Crippen LogP contribution in [0.15, 0.2) is 78.0 Å². The molecule has 0 unspecified atom stereocenters. The molecule has 0 bridgehead atoms. The summed E-state index contributed by atoms with van der Waals surface area (Å²) in [5.41, 5.74) is 4.29. The average Bonchev–Trinajstić information content (AvgIpc) is 2.75. The summed E-state index contributed by atoms with van der Waals surface area (Å²) in [6.07, 6.45) is 1.65. The van der Waals surface area contributed by atoms with Crippen molar-refractivity contribution < 1.29 is 14.3 Å². The fourth-order valence-electron chi connectivity index (χ4n) is 2.42. The van der Waals surface area contributed by atoms with Gasteiger partial charge < -0.3 is 9.47 Å². The van der Waals surface area contributed by atoms with E-state index >= 15 is 0 Å². The number of nitrogens with zero attached hydrogens (tertiary/aromatic N) is 2. The number of aromatic nitrogens is 1. The number of pyridine rings is 1. The van der Waals surface area contributed by atoms with E-state index < -0.39 is 0 Å². The van der Waals surface area contributed by atoms with Gasteiger partial charge in [0.15, 0.2) is 0 Å². The van der Waals surface area contributed by atoms with E-state index in [4.69, 9.17) is 9.47 Å². The van der Waals surface area contributed by atoms with Crippen molar-refractivity contribution in [3.05, 3.63) is 84.1 Å². The van der Waals surface area contributed by atoms with Crippen LogP contribution >= 0.6 is 0 Å². The monoisotopic (exact) mass is 361 g/mol. The number of hydrogen-bond donors (Lipinski definition) is 1. The molecule has 0 aliphatic rings. The Hall–Kier alpha value is -3.67. The molecule has 3 aromatic rings. The number of Topliss-reactive ketones (excluding diaryl/α,β-unsaturated/α-hetero) is 1. The Bertz CT molecular complexity index is 921. The summed E-state index contributed by atoms with van der Waals surface area (Å²) in [6.45, 7) is 0. The van der Waals surface area contributed by atoms with Gasteiger partial charge in [0.1, 0.15) is 23.0 Å². The van der Waals surface area contributed by atoms with Gasteiger partial charge in [-0.25, -0.2) is 4.98 Å². The number of rotatable bonds is 7. The molecule has 0 aliphatic heterocycles. The van der Waals surface area contributed by atoms with E-state index in [1.165, 1.54) is 0 Å². The number of benzene rings is 2. The molecule has 0 aliphatic carbocycles. The first-order valence-corrected chi connectivity index (χ1v) is 8.29. The third-order valence-electron chi connectivity index (χ3n) is 3.88. The molecule has 0 radical (unpaired) electrons. The normalized spacial score (nSPS) is 11.0. The number of hydrogen-bond acceptors (Lipinski definition) is 6. The number of carbonyl (C=O) groups is 1. The third-order valence-corrected chi connectivity index (χ3v) is 3.88. The first-order chi connectivity index (χ1) is 13.2. The van der Waals surface area contributed by atoms with Crippen molar-refractivity contribution in [2.45, 2.75) is 0 Å². The lowest BCUT2D eigenvalue weighted by Gasteiger charge is -2.09. The molecule has 1 heterocycles. The highest BCUT2D eigenvalue weighted by atomic mass is 16.5. The number of carbonyl (C=O) groups excluding carboxylic acids is 1. The van der Waals surface area contributed by atoms with Gasteiger partial charge in [0.05, 0.1) is 14.2 Å². The number of ether oxygens (including phenoxy) is 2. The van der Waals surface area contributed by atoms with Gasteiger partial charge in [-0.05, 0) is 60.7 Å². The Morgan fingerprint density at radius 2 is 1.44 bits per heavy atom. The zero-order valence-electron chi connectivity index (χ0n) is 15.0. The number of ketones is 1. The topological polar surface area (TPSA) is 72.8 Å². The van der Waals surface area contributed by atoms with Crippen LogP contribution in [0, 0.1) is 0 Å². The number of nitrogens with one attached hydrogen (secondary N) is 1. The van der Waals surface area contributed by atoms with Crippen LogP contribution in [0.1, 0.15) is 15.9 Å². The lowest BCUT2D eigenvalue weighted by atomic mass is 10.0. The highest BCUT2D eigenvalue weighted by Gasteiger charge is 2.17. The van der Waals surface area contributed by atoms with Gasteiger partial charge in [-0.1, -0.05) is 6.07 Å². The van der Waals surface area contributed by atoms with E-state index in [2.05, 4.69) is 15.5 Å². The summed E-state index contributed by atoms with van der Waals surface area (Å²) in [5.74, 6) is 1.71. The summed E-state index contributed by atoms with van der Waals surface area (Å²) in [4.78, 5) is 17.2. The van der Waals surface area contributed by atoms with Gasteiger partial charge in [-0.3, -0.25) is 10.2 Å². The van der Waals surface area contributed by atoms with Crippen molar-refractivity contribution >= 4 is 17.3 Å². The molecule has 0 saturated heterocycles. The Balaban J connectivity index is 1.95. The van der Waals surface area contributed by atoms with Gasteiger partial charge in [0.2, 0.25) is 5.78 Å². The standard InChI is InChI=1S/C21H19N3O3/c1-26-17-10-6-15(7-11-17)20(24-23-19-5-3-4-14-22-19)21(25)16-8-12-18(27-2)13-9-16/h3-14H,1-2H3,(H,22,23)/b24-20+. The van der Waals surface area contributed by atoms with Crippen molar-refractivity contribution in [1.82, 2.24) is 4.98 Å². The van der Waals surface area contributed by atoms with Crippen molar-refractivity contribution in [1.29, 1.82) is 0 Å². The van der Waals surface area contributed by atoms with Gasteiger partial charge in [-0.15, -0.1) is 0 Å². The summed E-state index contributed by atoms with van der Waals surface area (Å²) in [6, 6.07) is 19.5. The number of anilines is 1. The van der Waals surface area contributed by atoms with Gasteiger partial charge in [0, 0.05) is 17.3 Å². The maximum absolute atomic E-state index is 13.1. The Morgan fingerprint density at radius 3 is 1.96 bits per heavy atom. The van der Waals surface area contributed by atoms with Crippen molar-refractivity contribution in [3.63, 3.8) is 0 Å². The minimum absolute atomic E-state index is 0.216. The van der Waals surface area contributed by atoms with E-state index in [1.807, 2.05) is 12.1 Å². The largest absolute Gasteiger partial charge is 0.497 e. The van der Waals surface area contributed by atoms with Gasteiger partial charge in [-0.2, -0.15) is 5.10 Å². The highest BCUT2D eigenvalue weighted by molar-refractivity contribution is 6.51. The molecule has 2 aromatic carbocycles. The van der Waals surface area contributed by atoms with Crippen LogP contribution in [0.3, 0.4) is 0 Å². The second-order valence-electron chi connectivity index (χ2n) is 5.57. The summed E-state index contributed by atoms with van der Waals surface area (Å²) in [7, 11) is 3.17. The van der Waals surface area contributed by atoms with Crippen LogP contribution in [-0.4, -0.2) is 30.7 Å². The van der Waals surface area contributed by atoms with E-state index in [0.717, 1.165) is 0 Å². The molecule has 3 rings (SSSR count). The molecule has 1 aromatic heterocycles. The Morgan fingerprint density at radius 1 is 0.852 bits per heavy atom. The number of hydrazone groups is 1. The summed E-state index contributed by atoms with van der Waals surface area (Å²) in [5, 5.41) is 4.32. The molecule has 6 heteroatoms. The molecule has 1 N–H and O–H groups in total. The molecule has 6 nitrogen and oxygen atoms in total. The minimum Gasteiger partial charge on any atom is -0.497 e. The van der Waals surface area contributed by atoms with E-state index in [0.29, 0.717) is 28.4 Å². The van der Waals surface area contributed by atoms with E-state index in [9.17, 15) is 4.79 Å². The Labute approximate surface area is 157 Å². The van der Waals surface area contributed by atoms with Crippen LogP contribution in [-0.2, 0) is 0 Å². The Kier molecular flexibility index (Phi) is 5.79. The molecular weight excluding hydrogens is 342 g/mol. The second-order valence-corrected chi connectivity index (χ2v) is 5.57. The SMILES string of the molecule is COc1ccc(C(=O)/C(=N/Nc2ccccn2)c2ccc(OC)cc2)cc1. The van der Waals surface area contributed by atoms with Crippen molar-refractivity contribution in [3.8, 4) is 11.5 Å². The molecule has 0 saturated carbocycles. The lowest BCUT2D eigenvalue weighted by Crippen LogP contribution is -2.18. The molecular formula is C21H19N3O3. The van der Waals surface area contributed by atoms with Crippen LogP contribution in [0.5, 0.6) is 11.5 Å². The molecule has 0 spiro atoms. The smallest absolute Gasteiger partial charge is 0.213 e. The fraction of sp³-hybridized carbons (Fsp3) is 0.0952. The van der Waals surface area contributed by atoms with Crippen molar-refractivity contribution in [2.75, 3.05) is 19.6 Å². The van der Waals surface area contributed by atoms with Crippen LogP contribution in [0.25, 0.3) is 0 Å². The zero-order chi connectivity index (χ0) is 19.1. The second kappa shape index (κ2) is 8.62. The first-order valence-electron chi connectivity index (χ1n) is 8.29. The average molecular weight is 361 g/mol. The van der Waals surface area contributed by atoms with Gasteiger partial charge >= 0.3 is 0 Å². The lowest BCUT2D eigenvalue weighted by molar-refractivity contribution is 0.106. The summed E-state index contributed by atoms with van der Waals surface area (Å²) >= 11 is 0. The maximum atomic E-state index is 13.1. The first kappa shape index (κ1) is 18.1. The highest BCUT2D eigenvalue weighted by Crippen LogP contribution is 2.17. The van der Waals surface area contributed by atoms with Crippen LogP contribution < -0.4 is 14.9 Å². The van der Waals surface area contributed by atoms with Crippen LogP contribution in [0.4, 0.5) is 5.82 Å². The zero-order valence-corrected chi connectivity index (χ0v) is 15.0. The predicted octanol–water partition coefficient (Wildman–Crippen LogP) is 3.80. The van der Waals surface area contributed by atoms with Crippen LogP contribution in [0.2, 0.25) is 0 Å². The van der Waals surface area contributed by atoms with E-state index in [-0.39, 0.29) is 11.5 Å². The van der Waals surface area contributed by atoms with Crippen molar-refractivity contribution in [2.24, 2.45) is 5.10 Å². The summed E-state index contributed by atoms with van der Waals surface area (Å²) < 4.78 is 10.3. The maximum Gasteiger partial charge on any atom is 0.213 e. The van der Waals surface area contributed by atoms with Gasteiger partial charge in [0.25, 0.3) is 0 Å². The minimum atomic E-state index is -0.216. The quantitative estimate of drug-likeness (QED) is 0.394. The predicted molar refractivity (Wildman–Crippen MR) is 105 cm³/mol. The molecule has 0 amide bonds. The number of methoxy groups -OCH3 is 2. The fourth-order valence-corrected chi connectivity index (χ4v) is 2.42. The molecule has 136 valence electrons. The third kappa shape index (κ3) is 4.49.